The maximum Gasteiger partial charge on any atom is 0.0362 e. The first-order valence-corrected chi connectivity index (χ1v) is 4.30. The van der Waals surface area contributed by atoms with E-state index in [4.69, 9.17) is 0 Å². The molecule has 2 rings (SSSR count). The fraction of sp³-hybridized carbons (Fsp3) is 0.571. The molecule has 2 aliphatic rings. The van der Waals surface area contributed by atoms with Crippen LogP contribution in [0, 0.1) is 5.92 Å². The quantitative estimate of drug-likeness (QED) is 0.500. The van der Waals surface area contributed by atoms with E-state index in [0.29, 0.717) is 0 Å². The molecule has 2 aliphatic heterocycles. The van der Waals surface area contributed by atoms with Gasteiger partial charge < -0.3 is 0 Å². The van der Waals surface area contributed by atoms with Crippen molar-refractivity contribution in [3.8, 4) is 0 Å². The van der Waals surface area contributed by atoms with Crippen molar-refractivity contribution in [2.75, 3.05) is 5.75 Å². The van der Waals surface area contributed by atoms with Gasteiger partial charge in [-0.3, -0.25) is 4.99 Å². The molecule has 1 unspecified atom stereocenters. The van der Waals surface area contributed by atoms with Crippen molar-refractivity contribution in [2.24, 2.45) is 10.9 Å². The van der Waals surface area contributed by atoms with Crippen LogP contribution in [-0.4, -0.2) is 12.0 Å². The topological polar surface area (TPSA) is 12.4 Å². The molecule has 0 aromatic carbocycles. The number of hydrogen-bond donors (Lipinski definition) is 0. The molecule has 0 spiro atoms. The minimum absolute atomic E-state index is 0.840. The Hall–Kier alpha value is -0.240. The highest BCUT2D eigenvalue weighted by Gasteiger charge is 2.21. The minimum Gasteiger partial charge on any atom is -0.268 e. The maximum absolute atomic E-state index is 4.11. The fourth-order valence-corrected chi connectivity index (χ4v) is 2.49. The second-order valence-electron chi connectivity index (χ2n) is 2.43. The van der Waals surface area contributed by atoms with E-state index in [2.05, 4.69) is 4.99 Å². The van der Waals surface area contributed by atoms with Gasteiger partial charge in [-0.05, 0) is 24.5 Å². The fourth-order valence-electron chi connectivity index (χ4n) is 1.27. The van der Waals surface area contributed by atoms with Gasteiger partial charge in [0.05, 0.1) is 0 Å². The number of fused-ring (bicyclic) bond motifs is 1. The number of hydrogen-bond acceptors (Lipinski definition) is 2. The first kappa shape index (κ1) is 5.54. The van der Waals surface area contributed by atoms with Crippen LogP contribution < -0.4 is 0 Å². The normalized spacial score (nSPS) is 32.0. The molecule has 0 radical (unpaired) electrons. The first-order valence-electron chi connectivity index (χ1n) is 3.31. The summed E-state index contributed by atoms with van der Waals surface area (Å²) in [5.41, 5.74) is 0. The van der Waals surface area contributed by atoms with E-state index < -0.39 is 0 Å². The average Bonchev–Trinajstić information content (AvgIpc) is 2.33. The van der Waals surface area contributed by atoms with Crippen molar-refractivity contribution < 1.29 is 0 Å². The molecule has 0 amide bonds. The third-order valence-corrected chi connectivity index (χ3v) is 3.05. The van der Waals surface area contributed by atoms with Crippen LogP contribution in [-0.2, 0) is 0 Å². The summed E-state index contributed by atoms with van der Waals surface area (Å²) in [6.45, 7) is 0. The summed E-state index contributed by atoms with van der Waals surface area (Å²) in [5, 5.41) is 0. The second kappa shape index (κ2) is 2.18. The molecule has 2 heteroatoms. The van der Waals surface area contributed by atoms with Gasteiger partial charge in [0, 0.05) is 17.3 Å². The minimum atomic E-state index is 0.840. The third-order valence-electron chi connectivity index (χ3n) is 1.83. The van der Waals surface area contributed by atoms with E-state index in [9.17, 15) is 0 Å². The molecule has 1 saturated heterocycles. The standard InChI is InChI=1S/C7H9NS/c1-3-8-5-7-6(1)2-4-9-7/h3,5-6H,1-2,4H2. The second-order valence-corrected chi connectivity index (χ2v) is 3.60. The van der Waals surface area contributed by atoms with Gasteiger partial charge in [0.2, 0.25) is 0 Å². The molecule has 2 heterocycles. The lowest BCUT2D eigenvalue weighted by Gasteiger charge is -2.08. The van der Waals surface area contributed by atoms with Crippen molar-refractivity contribution in [1.29, 1.82) is 0 Å². The van der Waals surface area contributed by atoms with Crippen LogP contribution in [0.3, 0.4) is 0 Å². The smallest absolute Gasteiger partial charge is 0.0362 e. The first-order chi connectivity index (χ1) is 4.47. The zero-order valence-corrected chi connectivity index (χ0v) is 6.03. The predicted octanol–water partition coefficient (Wildman–Crippen LogP) is 2.06. The number of thioether (sulfide) groups is 1. The van der Waals surface area contributed by atoms with Crippen LogP contribution in [0.15, 0.2) is 16.1 Å². The van der Waals surface area contributed by atoms with Crippen molar-refractivity contribution >= 4 is 18.0 Å². The Balaban J connectivity index is 2.23. The molecule has 48 valence electrons. The van der Waals surface area contributed by atoms with Gasteiger partial charge in [-0.15, -0.1) is 11.8 Å². The monoisotopic (exact) mass is 139 g/mol. The van der Waals surface area contributed by atoms with Gasteiger partial charge >= 0.3 is 0 Å². The summed E-state index contributed by atoms with van der Waals surface area (Å²) < 4.78 is 0. The molecule has 0 bridgehead atoms. The Morgan fingerprint density at radius 2 is 2.67 bits per heavy atom. The Labute approximate surface area is 59.2 Å². The van der Waals surface area contributed by atoms with E-state index in [1.807, 2.05) is 24.2 Å². The number of nitrogens with zero attached hydrogens (tertiary/aromatic N) is 1. The predicted molar refractivity (Wildman–Crippen MR) is 41.8 cm³/mol. The van der Waals surface area contributed by atoms with Crippen molar-refractivity contribution in [3.63, 3.8) is 0 Å². The van der Waals surface area contributed by atoms with E-state index in [0.717, 1.165) is 5.92 Å². The highest BCUT2D eigenvalue weighted by molar-refractivity contribution is 8.03. The molecule has 9 heavy (non-hydrogen) atoms. The zero-order chi connectivity index (χ0) is 6.10. The Morgan fingerprint density at radius 1 is 1.67 bits per heavy atom. The lowest BCUT2D eigenvalue weighted by molar-refractivity contribution is 0.668. The molecule has 1 atom stereocenters. The molecular weight excluding hydrogens is 130 g/mol. The van der Waals surface area contributed by atoms with Gasteiger partial charge in [0.25, 0.3) is 0 Å². The van der Waals surface area contributed by atoms with E-state index in [-0.39, 0.29) is 0 Å². The number of rotatable bonds is 0. The Morgan fingerprint density at radius 3 is 3.56 bits per heavy atom. The summed E-state index contributed by atoms with van der Waals surface area (Å²) in [5.74, 6) is 2.15. The van der Waals surface area contributed by atoms with Crippen LogP contribution in [0.1, 0.15) is 12.8 Å². The van der Waals surface area contributed by atoms with Gasteiger partial charge in [-0.2, -0.15) is 0 Å². The number of allylic oxidation sites excluding steroid dienone is 1. The largest absolute Gasteiger partial charge is 0.268 e. The Bertz CT molecular complexity index is 172. The lowest BCUT2D eigenvalue weighted by atomic mass is 10.0. The van der Waals surface area contributed by atoms with Crippen LogP contribution >= 0.6 is 11.8 Å². The van der Waals surface area contributed by atoms with Gasteiger partial charge in [0.1, 0.15) is 0 Å². The molecule has 0 N–H and O–H groups in total. The van der Waals surface area contributed by atoms with E-state index in [1.165, 1.54) is 23.5 Å². The van der Waals surface area contributed by atoms with Crippen LogP contribution in [0.4, 0.5) is 0 Å². The Kier molecular flexibility index (Phi) is 1.34. The molecule has 0 aliphatic carbocycles. The average molecular weight is 139 g/mol. The van der Waals surface area contributed by atoms with Crippen LogP contribution in [0.25, 0.3) is 0 Å². The van der Waals surface area contributed by atoms with Gasteiger partial charge in [-0.25, -0.2) is 0 Å². The molecule has 0 aromatic rings. The molecule has 0 aromatic heterocycles. The van der Waals surface area contributed by atoms with Crippen molar-refractivity contribution in [1.82, 2.24) is 0 Å². The van der Waals surface area contributed by atoms with Gasteiger partial charge in [0.15, 0.2) is 0 Å². The van der Waals surface area contributed by atoms with E-state index in [1.54, 1.807) is 0 Å². The molecule has 1 nitrogen and oxygen atoms in total. The third kappa shape index (κ3) is 0.917. The summed E-state index contributed by atoms with van der Waals surface area (Å²) in [6.07, 6.45) is 6.59. The summed E-state index contributed by atoms with van der Waals surface area (Å²) >= 11 is 1.97. The molecular formula is C7H9NS. The highest BCUT2D eigenvalue weighted by Crippen LogP contribution is 2.38. The van der Waals surface area contributed by atoms with E-state index >= 15 is 0 Å². The number of aliphatic imine (C=N–C) groups is 1. The summed E-state index contributed by atoms with van der Waals surface area (Å²) in [7, 11) is 0. The SMILES string of the molecule is C1=NC=C2SCCC2C1. The lowest BCUT2D eigenvalue weighted by Crippen LogP contribution is -1.99. The van der Waals surface area contributed by atoms with Crippen molar-refractivity contribution in [2.45, 2.75) is 12.8 Å². The van der Waals surface area contributed by atoms with Gasteiger partial charge in [-0.1, -0.05) is 0 Å². The highest BCUT2D eigenvalue weighted by atomic mass is 32.2. The van der Waals surface area contributed by atoms with Crippen LogP contribution in [0.2, 0.25) is 0 Å². The summed E-state index contributed by atoms with van der Waals surface area (Å²) in [6, 6.07) is 0. The van der Waals surface area contributed by atoms with Crippen LogP contribution in [0.5, 0.6) is 0 Å². The zero-order valence-electron chi connectivity index (χ0n) is 5.21. The van der Waals surface area contributed by atoms with Crippen molar-refractivity contribution in [3.05, 3.63) is 11.1 Å². The molecule has 0 saturated carbocycles. The summed E-state index contributed by atoms with van der Waals surface area (Å²) in [4.78, 5) is 5.62. The maximum atomic E-state index is 4.11. The molecule has 1 fully saturated rings.